The zero-order valence-corrected chi connectivity index (χ0v) is 9.76. The number of carboxylic acid groups (broad SMARTS) is 1. The standard InChI is InChI=1S/C11H16N2O4/c1-17-10(14)9-6-8(7-13(9)11(15)16)12-4-2-3-5-12/h6,9H,2-5,7H2,1H3,(H,15,16)/t9-/m0/s1. The van der Waals surface area contributed by atoms with Gasteiger partial charge in [-0.15, -0.1) is 0 Å². The molecule has 6 heteroatoms. The molecule has 1 saturated heterocycles. The molecule has 0 unspecified atom stereocenters. The first kappa shape index (κ1) is 11.8. The SMILES string of the molecule is COC(=O)[C@@H]1C=C(N2CCCC2)CN1C(=O)O. The van der Waals surface area contributed by atoms with Crippen LogP contribution in [0.2, 0.25) is 0 Å². The summed E-state index contributed by atoms with van der Waals surface area (Å²) in [5, 5.41) is 9.05. The molecule has 0 spiro atoms. The van der Waals surface area contributed by atoms with E-state index in [4.69, 9.17) is 5.11 Å². The van der Waals surface area contributed by atoms with E-state index in [-0.39, 0.29) is 6.54 Å². The number of nitrogens with zero attached hydrogens (tertiary/aromatic N) is 2. The lowest BCUT2D eigenvalue weighted by Crippen LogP contribution is -2.41. The van der Waals surface area contributed by atoms with Crippen LogP contribution in [-0.2, 0) is 9.53 Å². The van der Waals surface area contributed by atoms with Crippen LogP contribution in [-0.4, -0.2) is 59.8 Å². The number of hydrogen-bond acceptors (Lipinski definition) is 4. The van der Waals surface area contributed by atoms with Gasteiger partial charge in [0.05, 0.1) is 13.7 Å². The van der Waals surface area contributed by atoms with Gasteiger partial charge < -0.3 is 14.7 Å². The quantitative estimate of drug-likeness (QED) is 0.712. The molecule has 0 aromatic heterocycles. The van der Waals surface area contributed by atoms with E-state index >= 15 is 0 Å². The number of carbonyl (C=O) groups excluding carboxylic acids is 1. The normalized spacial score (nSPS) is 23.8. The predicted octanol–water partition coefficient (Wildman–Crippen LogP) is 0.501. The van der Waals surface area contributed by atoms with Gasteiger partial charge in [0.15, 0.2) is 6.04 Å². The number of esters is 1. The fourth-order valence-electron chi connectivity index (χ4n) is 2.31. The summed E-state index contributed by atoms with van der Waals surface area (Å²) in [5.74, 6) is -0.526. The van der Waals surface area contributed by atoms with Crippen LogP contribution >= 0.6 is 0 Å². The molecule has 94 valence electrons. The van der Waals surface area contributed by atoms with Gasteiger partial charge in [0, 0.05) is 18.8 Å². The van der Waals surface area contributed by atoms with Gasteiger partial charge in [-0.1, -0.05) is 0 Å². The van der Waals surface area contributed by atoms with Crippen molar-refractivity contribution in [3.8, 4) is 0 Å². The highest BCUT2D eigenvalue weighted by Crippen LogP contribution is 2.23. The lowest BCUT2D eigenvalue weighted by atomic mass is 10.3. The number of methoxy groups -OCH3 is 1. The molecule has 0 aromatic carbocycles. The summed E-state index contributed by atoms with van der Waals surface area (Å²) in [6.45, 7) is 2.15. The second kappa shape index (κ2) is 4.65. The minimum atomic E-state index is -1.09. The number of ether oxygens (including phenoxy) is 1. The molecular formula is C11H16N2O4. The lowest BCUT2D eigenvalue weighted by molar-refractivity contribution is -0.143. The fraction of sp³-hybridized carbons (Fsp3) is 0.636. The second-order valence-electron chi connectivity index (χ2n) is 4.23. The molecule has 0 aromatic rings. The Morgan fingerprint density at radius 3 is 2.59 bits per heavy atom. The largest absolute Gasteiger partial charge is 0.467 e. The molecule has 2 heterocycles. The predicted molar refractivity (Wildman–Crippen MR) is 59.4 cm³/mol. The third-order valence-corrected chi connectivity index (χ3v) is 3.22. The van der Waals surface area contributed by atoms with Crippen molar-refractivity contribution < 1.29 is 19.4 Å². The molecule has 2 rings (SSSR count). The zero-order chi connectivity index (χ0) is 12.4. The second-order valence-corrected chi connectivity index (χ2v) is 4.23. The highest BCUT2D eigenvalue weighted by Gasteiger charge is 2.36. The molecule has 0 aliphatic carbocycles. The maximum absolute atomic E-state index is 11.5. The molecule has 1 atom stereocenters. The molecule has 1 amide bonds. The van der Waals surface area contributed by atoms with Gasteiger partial charge in [-0.3, -0.25) is 4.90 Å². The first-order chi connectivity index (χ1) is 8.13. The first-order valence-corrected chi connectivity index (χ1v) is 5.66. The molecule has 1 fully saturated rings. The lowest BCUT2D eigenvalue weighted by Gasteiger charge is -2.21. The van der Waals surface area contributed by atoms with Crippen LogP contribution in [0.5, 0.6) is 0 Å². The molecule has 1 N–H and O–H groups in total. The van der Waals surface area contributed by atoms with Crippen LogP contribution < -0.4 is 0 Å². The van der Waals surface area contributed by atoms with Crippen molar-refractivity contribution in [3.63, 3.8) is 0 Å². The highest BCUT2D eigenvalue weighted by molar-refractivity contribution is 5.84. The fourth-order valence-corrected chi connectivity index (χ4v) is 2.31. The van der Waals surface area contributed by atoms with E-state index in [1.807, 2.05) is 0 Å². The Balaban J connectivity index is 2.14. The Morgan fingerprint density at radius 2 is 2.06 bits per heavy atom. The summed E-state index contributed by atoms with van der Waals surface area (Å²) < 4.78 is 4.62. The Hall–Kier alpha value is -1.72. The first-order valence-electron chi connectivity index (χ1n) is 5.66. The molecule has 0 radical (unpaired) electrons. The van der Waals surface area contributed by atoms with E-state index in [2.05, 4.69) is 9.64 Å². The summed E-state index contributed by atoms with van der Waals surface area (Å²) in [6, 6.07) is -0.798. The molecule has 2 aliphatic heterocycles. The highest BCUT2D eigenvalue weighted by atomic mass is 16.5. The molecule has 0 bridgehead atoms. The van der Waals surface area contributed by atoms with Crippen molar-refractivity contribution in [2.24, 2.45) is 0 Å². The van der Waals surface area contributed by atoms with Crippen molar-refractivity contribution in [3.05, 3.63) is 11.8 Å². The number of likely N-dealkylation sites (tertiary alicyclic amines) is 1. The number of carbonyl (C=O) groups is 2. The van der Waals surface area contributed by atoms with Gasteiger partial charge in [0.1, 0.15) is 0 Å². The van der Waals surface area contributed by atoms with Crippen LogP contribution in [0.4, 0.5) is 4.79 Å². The third-order valence-electron chi connectivity index (χ3n) is 3.22. The monoisotopic (exact) mass is 240 g/mol. The topological polar surface area (TPSA) is 70.1 Å². The van der Waals surface area contributed by atoms with Crippen molar-refractivity contribution in [1.29, 1.82) is 0 Å². The Labute approximate surface area is 99.4 Å². The van der Waals surface area contributed by atoms with Crippen LogP contribution in [0.3, 0.4) is 0 Å². The van der Waals surface area contributed by atoms with E-state index in [0.717, 1.165) is 36.5 Å². The molecular weight excluding hydrogens is 224 g/mol. The minimum absolute atomic E-state index is 0.273. The van der Waals surface area contributed by atoms with E-state index in [9.17, 15) is 9.59 Å². The van der Waals surface area contributed by atoms with Crippen LogP contribution in [0.25, 0.3) is 0 Å². The number of amides is 1. The Bertz CT molecular complexity index is 360. The van der Waals surface area contributed by atoms with Gasteiger partial charge >= 0.3 is 12.1 Å². The average molecular weight is 240 g/mol. The smallest absolute Gasteiger partial charge is 0.408 e. The average Bonchev–Trinajstić information content (AvgIpc) is 2.95. The van der Waals surface area contributed by atoms with E-state index in [1.165, 1.54) is 7.11 Å². The Kier molecular flexibility index (Phi) is 3.21. The molecule has 17 heavy (non-hydrogen) atoms. The van der Waals surface area contributed by atoms with Crippen LogP contribution in [0.15, 0.2) is 11.8 Å². The van der Waals surface area contributed by atoms with E-state index in [1.54, 1.807) is 6.08 Å². The van der Waals surface area contributed by atoms with Gasteiger partial charge in [-0.2, -0.15) is 0 Å². The summed E-state index contributed by atoms with van der Waals surface area (Å²) in [4.78, 5) is 25.8. The maximum Gasteiger partial charge on any atom is 0.408 e. The van der Waals surface area contributed by atoms with Gasteiger partial charge in [0.25, 0.3) is 0 Å². The summed E-state index contributed by atoms with van der Waals surface area (Å²) in [7, 11) is 1.27. The molecule has 6 nitrogen and oxygen atoms in total. The van der Waals surface area contributed by atoms with Gasteiger partial charge in [-0.25, -0.2) is 9.59 Å². The molecule has 0 saturated carbocycles. The third kappa shape index (κ3) is 2.20. The number of rotatable bonds is 2. The van der Waals surface area contributed by atoms with Gasteiger partial charge in [-0.05, 0) is 18.9 Å². The van der Waals surface area contributed by atoms with E-state index < -0.39 is 18.1 Å². The van der Waals surface area contributed by atoms with E-state index in [0.29, 0.717) is 0 Å². The summed E-state index contributed by atoms with van der Waals surface area (Å²) in [5.41, 5.74) is 0.917. The maximum atomic E-state index is 11.5. The van der Waals surface area contributed by atoms with Crippen molar-refractivity contribution >= 4 is 12.1 Å². The minimum Gasteiger partial charge on any atom is -0.467 e. The van der Waals surface area contributed by atoms with Crippen molar-refractivity contribution in [2.45, 2.75) is 18.9 Å². The van der Waals surface area contributed by atoms with Crippen molar-refractivity contribution in [2.75, 3.05) is 26.7 Å². The summed E-state index contributed by atoms with van der Waals surface area (Å²) in [6.07, 6.45) is 2.84. The zero-order valence-electron chi connectivity index (χ0n) is 9.76. The van der Waals surface area contributed by atoms with Crippen LogP contribution in [0.1, 0.15) is 12.8 Å². The Morgan fingerprint density at radius 1 is 1.41 bits per heavy atom. The van der Waals surface area contributed by atoms with Crippen LogP contribution in [0, 0.1) is 0 Å². The summed E-state index contributed by atoms with van der Waals surface area (Å²) >= 11 is 0. The molecule has 2 aliphatic rings. The number of hydrogen-bond donors (Lipinski definition) is 1. The van der Waals surface area contributed by atoms with Crippen molar-refractivity contribution in [1.82, 2.24) is 9.80 Å². The van der Waals surface area contributed by atoms with Gasteiger partial charge in [0.2, 0.25) is 0 Å².